The van der Waals surface area contributed by atoms with Crippen LogP contribution in [0.5, 0.6) is 23.0 Å². The molecular formula is C28H30ClF3O8. The summed E-state index contributed by atoms with van der Waals surface area (Å²) >= 11 is 5.85. The van der Waals surface area contributed by atoms with Crippen LogP contribution in [0.15, 0.2) is 36.4 Å². The molecule has 0 bridgehead atoms. The standard InChI is InChI=1S/C28H30ClF3O8/c1-27(2,3)40-26(35)17-12-18(13-17)37-10-11-38-22-15-23(36-4)24(39-28(30,31)32)14-16(22)8-9-21(33)19-6-5-7-20(29)25(19)34/h5-9,14-15,17-18,34H,10-13H2,1-4H3. The molecule has 12 heteroatoms. The summed E-state index contributed by atoms with van der Waals surface area (Å²) in [6.07, 6.45) is -1.84. The first-order chi connectivity index (χ1) is 18.7. The number of carbonyl (C=O) groups excluding carboxylic acids is 2. The van der Waals surface area contributed by atoms with Crippen LogP contribution < -0.4 is 14.2 Å². The van der Waals surface area contributed by atoms with Crippen molar-refractivity contribution in [1.82, 2.24) is 0 Å². The Morgan fingerprint density at radius 2 is 1.77 bits per heavy atom. The Hall–Kier alpha value is -3.44. The number of rotatable bonds is 11. The fraction of sp³-hybridized carbons (Fsp3) is 0.429. The van der Waals surface area contributed by atoms with Gasteiger partial charge in [-0.2, -0.15) is 0 Å². The quantitative estimate of drug-likeness (QED) is 0.140. The van der Waals surface area contributed by atoms with Crippen molar-refractivity contribution in [2.45, 2.75) is 51.7 Å². The number of esters is 1. The molecule has 0 atom stereocenters. The molecule has 0 radical (unpaired) electrons. The SMILES string of the molecule is COc1cc(OCCOC2CC(C(=O)OC(C)(C)C)C2)c(C=CC(=O)c2cccc(Cl)c2O)cc1OC(F)(F)F. The summed E-state index contributed by atoms with van der Waals surface area (Å²) in [6, 6.07) is 6.43. The zero-order chi connectivity index (χ0) is 29.7. The number of alkyl halides is 3. The third-order valence-electron chi connectivity index (χ3n) is 5.72. The van der Waals surface area contributed by atoms with Gasteiger partial charge in [-0.05, 0) is 64.0 Å². The van der Waals surface area contributed by atoms with Gasteiger partial charge in [-0.3, -0.25) is 9.59 Å². The summed E-state index contributed by atoms with van der Waals surface area (Å²) in [6.45, 7) is 5.54. The maximum absolute atomic E-state index is 13.0. The largest absolute Gasteiger partial charge is 0.573 e. The lowest BCUT2D eigenvalue weighted by Crippen LogP contribution is -2.40. The molecule has 0 saturated heterocycles. The Labute approximate surface area is 234 Å². The van der Waals surface area contributed by atoms with E-state index in [1.165, 1.54) is 37.5 Å². The maximum atomic E-state index is 13.0. The Morgan fingerprint density at radius 1 is 1.07 bits per heavy atom. The van der Waals surface area contributed by atoms with E-state index in [1.807, 2.05) is 0 Å². The van der Waals surface area contributed by atoms with Crippen LogP contribution in [0.1, 0.15) is 49.5 Å². The lowest BCUT2D eigenvalue weighted by Gasteiger charge is -2.35. The van der Waals surface area contributed by atoms with Crippen LogP contribution in [0.3, 0.4) is 0 Å². The molecule has 3 rings (SSSR count). The van der Waals surface area contributed by atoms with Crippen LogP contribution in [-0.2, 0) is 14.3 Å². The predicted molar refractivity (Wildman–Crippen MR) is 140 cm³/mol. The van der Waals surface area contributed by atoms with Gasteiger partial charge in [0.2, 0.25) is 0 Å². The number of phenolic OH excluding ortho intramolecular Hbond substituents is 1. The summed E-state index contributed by atoms with van der Waals surface area (Å²) in [5.41, 5.74) is -0.585. The molecule has 40 heavy (non-hydrogen) atoms. The van der Waals surface area contributed by atoms with Crippen LogP contribution in [0.4, 0.5) is 13.2 Å². The third-order valence-corrected chi connectivity index (χ3v) is 6.02. The van der Waals surface area contributed by atoms with Crippen LogP contribution in [0, 0.1) is 5.92 Å². The van der Waals surface area contributed by atoms with Gasteiger partial charge in [-0.15, -0.1) is 13.2 Å². The zero-order valence-electron chi connectivity index (χ0n) is 22.3. The van der Waals surface area contributed by atoms with Crippen molar-refractivity contribution in [2.24, 2.45) is 5.92 Å². The van der Waals surface area contributed by atoms with Crippen molar-refractivity contribution < 1.29 is 51.6 Å². The molecule has 0 heterocycles. The molecule has 1 N–H and O–H groups in total. The van der Waals surface area contributed by atoms with E-state index in [0.717, 1.165) is 12.1 Å². The molecule has 1 aliphatic carbocycles. The molecule has 1 aliphatic rings. The number of hydrogen-bond donors (Lipinski definition) is 1. The smallest absolute Gasteiger partial charge is 0.506 e. The van der Waals surface area contributed by atoms with E-state index in [9.17, 15) is 27.9 Å². The highest BCUT2D eigenvalue weighted by atomic mass is 35.5. The van der Waals surface area contributed by atoms with Gasteiger partial charge >= 0.3 is 12.3 Å². The van der Waals surface area contributed by atoms with Crippen molar-refractivity contribution >= 4 is 29.4 Å². The number of para-hydroxylation sites is 1. The van der Waals surface area contributed by atoms with Crippen molar-refractivity contribution in [3.63, 3.8) is 0 Å². The van der Waals surface area contributed by atoms with Gasteiger partial charge in [0, 0.05) is 11.6 Å². The van der Waals surface area contributed by atoms with Crippen LogP contribution in [0.25, 0.3) is 6.08 Å². The number of hydrogen-bond acceptors (Lipinski definition) is 8. The van der Waals surface area contributed by atoms with E-state index in [2.05, 4.69) is 4.74 Å². The first-order valence-electron chi connectivity index (χ1n) is 12.3. The number of methoxy groups -OCH3 is 1. The number of aromatic hydroxyl groups is 1. The molecule has 0 aromatic heterocycles. The Kier molecular flexibility index (Phi) is 9.96. The van der Waals surface area contributed by atoms with E-state index in [0.29, 0.717) is 12.8 Å². The molecule has 2 aromatic rings. The second kappa shape index (κ2) is 12.8. The lowest BCUT2D eigenvalue weighted by molar-refractivity contribution is -0.275. The summed E-state index contributed by atoms with van der Waals surface area (Å²) in [7, 11) is 1.17. The Bertz CT molecular complexity index is 1250. The molecule has 2 aromatic carbocycles. The van der Waals surface area contributed by atoms with E-state index in [-0.39, 0.29) is 58.9 Å². The third kappa shape index (κ3) is 8.79. The molecule has 218 valence electrons. The topological polar surface area (TPSA) is 101 Å². The number of ketones is 1. The number of carbonyl (C=O) groups is 2. The maximum Gasteiger partial charge on any atom is 0.573 e. The minimum absolute atomic E-state index is 0.0140. The van der Waals surface area contributed by atoms with Gasteiger partial charge in [-0.1, -0.05) is 17.7 Å². The molecule has 1 saturated carbocycles. The summed E-state index contributed by atoms with van der Waals surface area (Å²) in [5.74, 6) is -2.37. The molecule has 0 unspecified atom stereocenters. The number of halogens is 4. The van der Waals surface area contributed by atoms with Crippen molar-refractivity contribution in [2.75, 3.05) is 20.3 Å². The lowest BCUT2D eigenvalue weighted by atomic mass is 9.82. The van der Waals surface area contributed by atoms with E-state index < -0.39 is 29.2 Å². The first kappa shape index (κ1) is 31.1. The van der Waals surface area contributed by atoms with Gasteiger partial charge in [0.05, 0.1) is 36.3 Å². The first-order valence-corrected chi connectivity index (χ1v) is 12.7. The number of allylic oxidation sites excluding steroid dienone is 1. The highest BCUT2D eigenvalue weighted by Gasteiger charge is 2.38. The fourth-order valence-corrected chi connectivity index (χ4v) is 3.97. The van der Waals surface area contributed by atoms with Crippen molar-refractivity contribution in [3.8, 4) is 23.0 Å². The molecular weight excluding hydrogens is 557 g/mol. The zero-order valence-corrected chi connectivity index (χ0v) is 23.1. The summed E-state index contributed by atoms with van der Waals surface area (Å²) < 4.78 is 64.8. The van der Waals surface area contributed by atoms with Gasteiger partial charge in [0.15, 0.2) is 17.3 Å². The van der Waals surface area contributed by atoms with E-state index in [4.69, 9.17) is 30.5 Å². The van der Waals surface area contributed by atoms with Gasteiger partial charge in [0.25, 0.3) is 0 Å². The van der Waals surface area contributed by atoms with Gasteiger partial charge in [0.1, 0.15) is 23.7 Å². The number of ether oxygens (including phenoxy) is 5. The highest BCUT2D eigenvalue weighted by Crippen LogP contribution is 2.39. The van der Waals surface area contributed by atoms with Gasteiger partial charge in [-0.25, -0.2) is 0 Å². The van der Waals surface area contributed by atoms with Crippen LogP contribution in [-0.4, -0.2) is 55.3 Å². The van der Waals surface area contributed by atoms with Crippen LogP contribution >= 0.6 is 11.6 Å². The van der Waals surface area contributed by atoms with Crippen molar-refractivity contribution in [1.29, 1.82) is 0 Å². The molecule has 0 spiro atoms. The average molecular weight is 587 g/mol. The predicted octanol–water partition coefficient (Wildman–Crippen LogP) is 6.36. The number of phenols is 1. The second-order valence-corrected chi connectivity index (χ2v) is 10.4. The van der Waals surface area contributed by atoms with E-state index >= 15 is 0 Å². The average Bonchev–Trinajstić information content (AvgIpc) is 2.81. The normalized spacial score (nSPS) is 17.3. The Morgan fingerprint density at radius 3 is 2.40 bits per heavy atom. The summed E-state index contributed by atoms with van der Waals surface area (Å²) in [4.78, 5) is 24.7. The highest BCUT2D eigenvalue weighted by molar-refractivity contribution is 6.32. The molecule has 0 amide bonds. The molecule has 0 aliphatic heterocycles. The monoisotopic (exact) mass is 586 g/mol. The fourth-order valence-electron chi connectivity index (χ4n) is 3.79. The van der Waals surface area contributed by atoms with Gasteiger partial charge < -0.3 is 28.8 Å². The summed E-state index contributed by atoms with van der Waals surface area (Å²) in [5, 5.41) is 10.0. The minimum atomic E-state index is -4.99. The van der Waals surface area contributed by atoms with Crippen molar-refractivity contribution in [3.05, 3.63) is 52.6 Å². The van der Waals surface area contributed by atoms with E-state index in [1.54, 1.807) is 20.8 Å². The number of benzene rings is 2. The minimum Gasteiger partial charge on any atom is -0.506 e. The molecule has 1 fully saturated rings. The van der Waals surface area contributed by atoms with Crippen LogP contribution in [0.2, 0.25) is 5.02 Å². The molecule has 8 nitrogen and oxygen atoms in total. The second-order valence-electron chi connectivity index (χ2n) is 9.97. The Balaban J connectivity index is 1.69.